The average molecular weight is 454 g/mol. The zero-order valence-electron chi connectivity index (χ0n) is 19.1. The Hall–Kier alpha value is -3.19. The van der Waals surface area contributed by atoms with Gasteiger partial charge in [0.1, 0.15) is 5.82 Å². The molecule has 2 aromatic carbocycles. The molecule has 0 atom stereocenters. The lowest BCUT2D eigenvalue weighted by atomic mass is 10.2. The van der Waals surface area contributed by atoms with Crippen LogP contribution in [-0.4, -0.2) is 24.2 Å². The van der Waals surface area contributed by atoms with Gasteiger partial charge in [0.2, 0.25) is 15.7 Å². The first kappa shape index (κ1) is 25.1. The number of carbonyl (C=O) groups excluding carboxylic acids is 1. The number of rotatable bonds is 3. The van der Waals surface area contributed by atoms with Crippen LogP contribution < -0.4 is 5.73 Å². The van der Waals surface area contributed by atoms with E-state index in [0.29, 0.717) is 28.7 Å². The highest BCUT2D eigenvalue weighted by Gasteiger charge is 2.22. The monoisotopic (exact) mass is 453 g/mol. The van der Waals surface area contributed by atoms with Crippen molar-refractivity contribution in [2.24, 2.45) is 0 Å². The van der Waals surface area contributed by atoms with Gasteiger partial charge < -0.3 is 10.6 Å². The minimum absolute atomic E-state index is 0.0793. The van der Waals surface area contributed by atoms with E-state index in [1.807, 2.05) is 39.0 Å². The van der Waals surface area contributed by atoms with Gasteiger partial charge in [0, 0.05) is 31.8 Å². The van der Waals surface area contributed by atoms with Gasteiger partial charge >= 0.3 is 0 Å². The Bertz CT molecular complexity index is 1130. The summed E-state index contributed by atoms with van der Waals surface area (Å²) in [4.78, 5) is 17.5. The Morgan fingerprint density at radius 1 is 0.969 bits per heavy atom. The maximum atomic E-state index is 12.2. The summed E-state index contributed by atoms with van der Waals surface area (Å²) >= 11 is 0. The van der Waals surface area contributed by atoms with Gasteiger partial charge in [0.05, 0.1) is 9.79 Å². The molecule has 0 spiro atoms. The largest absolute Gasteiger partial charge is 0.383 e. The molecule has 1 aliphatic rings. The van der Waals surface area contributed by atoms with E-state index >= 15 is 0 Å². The van der Waals surface area contributed by atoms with Crippen LogP contribution in [0.15, 0.2) is 76.7 Å². The highest BCUT2D eigenvalue weighted by molar-refractivity contribution is 7.91. The lowest BCUT2D eigenvalue weighted by molar-refractivity contribution is -0.129. The summed E-state index contributed by atoms with van der Waals surface area (Å²) in [5, 5.41) is 0. The van der Waals surface area contributed by atoms with E-state index in [1.165, 1.54) is 0 Å². The summed E-state index contributed by atoms with van der Waals surface area (Å²) in [6.07, 6.45) is 2.59. The first-order chi connectivity index (χ1) is 15.3. The van der Waals surface area contributed by atoms with Gasteiger partial charge in [0.25, 0.3) is 0 Å². The predicted octanol–water partition coefficient (Wildman–Crippen LogP) is 4.63. The quantitative estimate of drug-likeness (QED) is 0.624. The number of sulfone groups is 1. The minimum Gasteiger partial charge on any atom is -0.383 e. The van der Waals surface area contributed by atoms with Gasteiger partial charge in [-0.25, -0.2) is 13.4 Å². The number of hydrogen-bond donors (Lipinski definition) is 1. The molecular weight excluding hydrogens is 422 g/mol. The third-order valence-corrected chi connectivity index (χ3v) is 6.82. The molecule has 6 nitrogen and oxygen atoms in total. The molecule has 7 heteroatoms. The maximum Gasteiger partial charge on any atom is 0.220 e. The summed E-state index contributed by atoms with van der Waals surface area (Å²) in [6, 6.07) is 17.5. The predicted molar refractivity (Wildman–Crippen MR) is 128 cm³/mol. The number of anilines is 1. The number of benzene rings is 2. The Balaban J connectivity index is 0.000000217. The summed E-state index contributed by atoms with van der Waals surface area (Å²) in [6.45, 7) is 8.87. The summed E-state index contributed by atoms with van der Waals surface area (Å²) < 4.78 is 24.5. The fourth-order valence-electron chi connectivity index (χ4n) is 3.20. The smallest absolute Gasteiger partial charge is 0.220 e. The third kappa shape index (κ3) is 5.95. The van der Waals surface area contributed by atoms with Gasteiger partial charge in [-0.2, -0.15) is 0 Å². The Labute approximate surface area is 191 Å². The van der Waals surface area contributed by atoms with Crippen molar-refractivity contribution in [1.82, 2.24) is 9.88 Å². The van der Waals surface area contributed by atoms with Crippen molar-refractivity contribution in [3.8, 4) is 0 Å². The summed E-state index contributed by atoms with van der Waals surface area (Å²) in [5.41, 5.74) is 8.93. The lowest BCUT2D eigenvalue weighted by Crippen LogP contribution is -2.21. The van der Waals surface area contributed by atoms with E-state index in [0.717, 1.165) is 23.1 Å². The van der Waals surface area contributed by atoms with Crippen LogP contribution in [0.3, 0.4) is 0 Å². The SMILES string of the molecule is CC.CC(=O)N1Cc2ccnc(N)c2C1.CCc1ccc(S(=O)(=O)c2ccccc2)cc1. The number of amides is 1. The van der Waals surface area contributed by atoms with Gasteiger partial charge in [-0.15, -0.1) is 0 Å². The highest BCUT2D eigenvalue weighted by Crippen LogP contribution is 2.25. The van der Waals surface area contributed by atoms with Crippen molar-refractivity contribution in [3.05, 3.63) is 83.6 Å². The number of aryl methyl sites for hydroxylation is 1. The molecule has 0 fully saturated rings. The van der Waals surface area contributed by atoms with Gasteiger partial charge in [-0.05, 0) is 47.9 Å². The average Bonchev–Trinajstić information content (AvgIpc) is 3.28. The van der Waals surface area contributed by atoms with Crippen LogP contribution in [0, 0.1) is 0 Å². The molecule has 0 radical (unpaired) electrons. The van der Waals surface area contributed by atoms with Crippen molar-refractivity contribution in [2.75, 3.05) is 5.73 Å². The van der Waals surface area contributed by atoms with E-state index in [-0.39, 0.29) is 5.91 Å². The van der Waals surface area contributed by atoms with Crippen LogP contribution >= 0.6 is 0 Å². The first-order valence-corrected chi connectivity index (χ1v) is 12.2. The van der Waals surface area contributed by atoms with Crippen LogP contribution in [0.2, 0.25) is 0 Å². The highest BCUT2D eigenvalue weighted by atomic mass is 32.2. The zero-order valence-corrected chi connectivity index (χ0v) is 19.9. The van der Waals surface area contributed by atoms with E-state index in [9.17, 15) is 13.2 Å². The van der Waals surface area contributed by atoms with Crippen LogP contribution in [-0.2, 0) is 34.1 Å². The molecule has 3 aromatic rings. The molecule has 2 heterocycles. The fourth-order valence-corrected chi connectivity index (χ4v) is 4.48. The number of carbonyl (C=O) groups is 1. The topological polar surface area (TPSA) is 93.4 Å². The molecule has 0 unspecified atom stereocenters. The fraction of sp³-hybridized carbons (Fsp3) is 0.280. The number of aromatic nitrogens is 1. The van der Waals surface area contributed by atoms with Crippen molar-refractivity contribution in [2.45, 2.75) is 57.0 Å². The maximum absolute atomic E-state index is 12.2. The van der Waals surface area contributed by atoms with Crippen LogP contribution in [0.4, 0.5) is 5.82 Å². The Kier molecular flexibility index (Phi) is 8.96. The number of hydrogen-bond acceptors (Lipinski definition) is 5. The molecule has 0 saturated heterocycles. The Morgan fingerprint density at radius 2 is 1.56 bits per heavy atom. The van der Waals surface area contributed by atoms with E-state index < -0.39 is 9.84 Å². The van der Waals surface area contributed by atoms with E-state index in [2.05, 4.69) is 4.98 Å². The minimum atomic E-state index is -3.36. The van der Waals surface area contributed by atoms with Gasteiger partial charge in [-0.3, -0.25) is 4.79 Å². The molecule has 32 heavy (non-hydrogen) atoms. The van der Waals surface area contributed by atoms with Crippen LogP contribution in [0.25, 0.3) is 0 Å². The first-order valence-electron chi connectivity index (χ1n) is 10.7. The Morgan fingerprint density at radius 3 is 2.09 bits per heavy atom. The normalized spacial score (nSPS) is 12.1. The second-order valence-electron chi connectivity index (χ2n) is 7.02. The molecule has 170 valence electrons. The summed E-state index contributed by atoms with van der Waals surface area (Å²) in [7, 11) is -3.36. The molecular formula is C25H31N3O3S. The molecule has 1 aliphatic heterocycles. The number of nitrogen functional groups attached to an aromatic ring is 1. The lowest BCUT2D eigenvalue weighted by Gasteiger charge is -2.11. The number of pyridine rings is 1. The van der Waals surface area contributed by atoms with E-state index in [4.69, 9.17) is 5.73 Å². The second-order valence-corrected chi connectivity index (χ2v) is 8.97. The van der Waals surface area contributed by atoms with Crippen molar-refractivity contribution >= 4 is 21.6 Å². The molecule has 0 saturated carbocycles. The van der Waals surface area contributed by atoms with Crippen molar-refractivity contribution in [3.63, 3.8) is 0 Å². The third-order valence-electron chi connectivity index (χ3n) is 5.04. The van der Waals surface area contributed by atoms with Gasteiger partial charge in [0.15, 0.2) is 0 Å². The molecule has 4 rings (SSSR count). The summed E-state index contributed by atoms with van der Waals surface area (Å²) in [5.74, 6) is 0.622. The van der Waals surface area contributed by atoms with Crippen LogP contribution in [0.5, 0.6) is 0 Å². The standard InChI is InChI=1S/C14H14O2S.C9H11N3O.C2H6/c1-2-12-8-10-14(11-9-12)17(15,16)13-6-4-3-5-7-13;1-6(13)12-4-7-2-3-11-9(10)8(7)5-12;1-2/h3-11H,2H2,1H3;2-3H,4-5H2,1H3,(H2,10,11);1-2H3. The molecule has 1 aromatic heterocycles. The molecule has 0 bridgehead atoms. The molecule has 1 amide bonds. The van der Waals surface area contributed by atoms with Gasteiger partial charge in [-0.1, -0.05) is 51.1 Å². The molecule has 2 N–H and O–H groups in total. The zero-order chi connectivity index (χ0) is 23.7. The number of nitrogens with two attached hydrogens (primary N) is 1. The number of nitrogens with zero attached hydrogens (tertiary/aromatic N) is 2. The molecule has 0 aliphatic carbocycles. The second kappa shape index (κ2) is 11.4. The van der Waals surface area contributed by atoms with Crippen molar-refractivity contribution in [1.29, 1.82) is 0 Å². The van der Waals surface area contributed by atoms with E-state index in [1.54, 1.807) is 60.5 Å². The van der Waals surface area contributed by atoms with Crippen LogP contribution in [0.1, 0.15) is 44.4 Å². The number of fused-ring (bicyclic) bond motifs is 1. The van der Waals surface area contributed by atoms with Crippen molar-refractivity contribution < 1.29 is 13.2 Å².